The topological polar surface area (TPSA) is 24.9 Å². The van der Waals surface area contributed by atoms with Crippen LogP contribution in [0, 0.1) is 0 Å². The van der Waals surface area contributed by atoms with Crippen LogP contribution in [0.5, 0.6) is 0 Å². The molecule has 0 fully saturated rings. The smallest absolute Gasteiger partial charge is 0.0809 e. The quantitative estimate of drug-likeness (QED) is 0.862. The molecule has 0 aliphatic heterocycles. The second-order valence-corrected chi connectivity index (χ2v) is 6.58. The monoisotopic (exact) mass is 280 g/mol. The summed E-state index contributed by atoms with van der Waals surface area (Å²) < 4.78 is 1.28. The van der Waals surface area contributed by atoms with Crippen LogP contribution < -0.4 is 5.32 Å². The highest BCUT2D eigenvalue weighted by Crippen LogP contribution is 2.23. The zero-order valence-electron chi connectivity index (χ0n) is 11.1. The molecule has 0 radical (unpaired) electrons. The average Bonchev–Trinajstić information content (AvgIpc) is 2.83. The SMILES string of the molecule is CSCCC(C)NC(C)c1cnc2ccsc2c1. The molecule has 0 amide bonds. The molecule has 1 N–H and O–H groups in total. The first-order valence-corrected chi connectivity index (χ1v) is 8.56. The van der Waals surface area contributed by atoms with E-state index in [-0.39, 0.29) is 0 Å². The first-order chi connectivity index (χ1) is 8.70. The molecule has 2 aromatic rings. The molecule has 2 rings (SSSR count). The Morgan fingerprint density at radius 3 is 3.06 bits per heavy atom. The Balaban J connectivity index is 2.01. The minimum Gasteiger partial charge on any atom is -0.308 e. The lowest BCUT2D eigenvalue weighted by atomic mass is 10.1. The molecule has 0 spiro atoms. The summed E-state index contributed by atoms with van der Waals surface area (Å²) in [6.45, 7) is 4.47. The molecule has 0 aromatic carbocycles. The van der Waals surface area contributed by atoms with Crippen LogP contribution in [0.4, 0.5) is 0 Å². The maximum atomic E-state index is 4.50. The highest BCUT2D eigenvalue weighted by Gasteiger charge is 2.10. The van der Waals surface area contributed by atoms with Gasteiger partial charge < -0.3 is 5.32 Å². The summed E-state index contributed by atoms with van der Waals surface area (Å²) in [6, 6.07) is 5.24. The van der Waals surface area contributed by atoms with Crippen LogP contribution in [0.1, 0.15) is 31.9 Å². The maximum absolute atomic E-state index is 4.50. The molecule has 18 heavy (non-hydrogen) atoms. The van der Waals surface area contributed by atoms with Crippen molar-refractivity contribution in [2.75, 3.05) is 12.0 Å². The van der Waals surface area contributed by atoms with E-state index in [1.165, 1.54) is 22.4 Å². The van der Waals surface area contributed by atoms with Gasteiger partial charge in [0, 0.05) is 18.3 Å². The summed E-state index contributed by atoms with van der Waals surface area (Å²) in [4.78, 5) is 4.50. The number of hydrogen-bond acceptors (Lipinski definition) is 4. The fraction of sp³-hybridized carbons (Fsp3) is 0.500. The summed E-state index contributed by atoms with van der Waals surface area (Å²) in [5, 5.41) is 5.74. The fourth-order valence-corrected chi connectivity index (χ4v) is 3.38. The Morgan fingerprint density at radius 2 is 2.28 bits per heavy atom. The van der Waals surface area contributed by atoms with Crippen molar-refractivity contribution in [3.8, 4) is 0 Å². The fourth-order valence-electron chi connectivity index (χ4n) is 2.00. The normalized spacial score (nSPS) is 14.8. The number of thiophene rings is 1. The highest BCUT2D eigenvalue weighted by atomic mass is 32.2. The summed E-state index contributed by atoms with van der Waals surface area (Å²) in [7, 11) is 0. The zero-order chi connectivity index (χ0) is 13.0. The van der Waals surface area contributed by atoms with Crippen molar-refractivity contribution in [3.63, 3.8) is 0 Å². The standard InChI is InChI=1S/C14H20N2S2/c1-10(4-6-17-3)16-11(2)12-8-14-13(15-9-12)5-7-18-14/h5,7-11,16H,4,6H2,1-3H3. The molecule has 0 aliphatic rings. The molecule has 2 unspecified atom stereocenters. The number of hydrogen-bond donors (Lipinski definition) is 1. The van der Waals surface area contributed by atoms with Crippen molar-refractivity contribution in [3.05, 3.63) is 29.3 Å². The van der Waals surface area contributed by atoms with Crippen molar-refractivity contribution < 1.29 is 0 Å². The molecule has 0 aliphatic carbocycles. The molecule has 98 valence electrons. The number of nitrogens with zero attached hydrogens (tertiary/aromatic N) is 1. The Hall–Kier alpha value is -0.580. The molecule has 2 nitrogen and oxygen atoms in total. The lowest BCUT2D eigenvalue weighted by Gasteiger charge is -2.20. The molecule has 4 heteroatoms. The molecule has 0 bridgehead atoms. The number of nitrogens with one attached hydrogen (secondary N) is 1. The third-order valence-electron chi connectivity index (χ3n) is 3.11. The molecule has 2 heterocycles. The molecule has 0 saturated heterocycles. The Kier molecular flexibility index (Phi) is 5.03. The van der Waals surface area contributed by atoms with Gasteiger partial charge in [-0.2, -0.15) is 11.8 Å². The summed E-state index contributed by atoms with van der Waals surface area (Å²) >= 11 is 3.66. The maximum Gasteiger partial charge on any atom is 0.0809 e. The first kappa shape index (κ1) is 13.8. The number of rotatable bonds is 6. The van der Waals surface area contributed by atoms with Gasteiger partial charge in [0.05, 0.1) is 10.2 Å². The molecule has 2 atom stereocenters. The molecule has 2 aromatic heterocycles. The lowest BCUT2D eigenvalue weighted by molar-refractivity contribution is 0.471. The molecular weight excluding hydrogens is 260 g/mol. The Bertz CT molecular complexity index is 495. The third-order valence-corrected chi connectivity index (χ3v) is 4.61. The Labute approximate surface area is 117 Å². The number of aromatic nitrogens is 1. The van der Waals surface area contributed by atoms with Gasteiger partial charge in [0.15, 0.2) is 0 Å². The predicted octanol–water partition coefficient (Wildman–Crippen LogP) is 4.09. The van der Waals surface area contributed by atoms with Crippen LogP contribution in [-0.4, -0.2) is 23.0 Å². The van der Waals surface area contributed by atoms with Gasteiger partial charge in [0.1, 0.15) is 0 Å². The highest BCUT2D eigenvalue weighted by molar-refractivity contribution is 7.98. The summed E-state index contributed by atoms with van der Waals surface area (Å²) in [6.07, 6.45) is 5.36. The predicted molar refractivity (Wildman–Crippen MR) is 83.6 cm³/mol. The van der Waals surface area contributed by atoms with Gasteiger partial charge in [0.2, 0.25) is 0 Å². The number of thioether (sulfide) groups is 1. The first-order valence-electron chi connectivity index (χ1n) is 6.29. The van der Waals surface area contributed by atoms with Gasteiger partial charge in [-0.15, -0.1) is 11.3 Å². The van der Waals surface area contributed by atoms with Crippen molar-refractivity contribution in [2.24, 2.45) is 0 Å². The molecular formula is C14H20N2S2. The Morgan fingerprint density at radius 1 is 1.44 bits per heavy atom. The molecule has 0 saturated carbocycles. The van der Waals surface area contributed by atoms with Gasteiger partial charge in [-0.3, -0.25) is 4.98 Å². The second-order valence-electron chi connectivity index (χ2n) is 4.64. The van der Waals surface area contributed by atoms with E-state index < -0.39 is 0 Å². The van der Waals surface area contributed by atoms with Crippen LogP contribution >= 0.6 is 23.1 Å². The number of pyridine rings is 1. The van der Waals surface area contributed by atoms with Crippen molar-refractivity contribution >= 4 is 33.3 Å². The van der Waals surface area contributed by atoms with E-state index >= 15 is 0 Å². The van der Waals surface area contributed by atoms with E-state index in [4.69, 9.17) is 0 Å². The van der Waals surface area contributed by atoms with Crippen molar-refractivity contribution in [1.29, 1.82) is 0 Å². The van der Waals surface area contributed by atoms with Crippen molar-refractivity contribution in [2.45, 2.75) is 32.4 Å². The van der Waals surface area contributed by atoms with Gasteiger partial charge in [-0.1, -0.05) is 0 Å². The van der Waals surface area contributed by atoms with Crippen LogP contribution in [0.2, 0.25) is 0 Å². The van der Waals surface area contributed by atoms with Crippen LogP contribution in [-0.2, 0) is 0 Å². The van der Waals surface area contributed by atoms with Gasteiger partial charge in [0.25, 0.3) is 0 Å². The van der Waals surface area contributed by atoms with E-state index in [2.05, 4.69) is 47.9 Å². The zero-order valence-corrected chi connectivity index (χ0v) is 12.8. The van der Waals surface area contributed by atoms with Gasteiger partial charge in [-0.25, -0.2) is 0 Å². The summed E-state index contributed by atoms with van der Waals surface area (Å²) in [5.74, 6) is 1.21. The van der Waals surface area contributed by atoms with Gasteiger partial charge >= 0.3 is 0 Å². The van der Waals surface area contributed by atoms with Crippen molar-refractivity contribution in [1.82, 2.24) is 10.3 Å². The van der Waals surface area contributed by atoms with E-state index in [1.807, 2.05) is 18.0 Å². The van der Waals surface area contributed by atoms with E-state index in [0.717, 1.165) is 5.52 Å². The van der Waals surface area contributed by atoms with Crippen LogP contribution in [0.3, 0.4) is 0 Å². The van der Waals surface area contributed by atoms with Gasteiger partial charge in [-0.05, 0) is 55.4 Å². The number of fused-ring (bicyclic) bond motifs is 1. The van der Waals surface area contributed by atoms with Crippen LogP contribution in [0.25, 0.3) is 10.2 Å². The minimum absolute atomic E-state index is 0.362. The largest absolute Gasteiger partial charge is 0.308 e. The van der Waals surface area contributed by atoms with E-state index in [1.54, 1.807) is 11.3 Å². The minimum atomic E-state index is 0.362. The van der Waals surface area contributed by atoms with E-state index in [9.17, 15) is 0 Å². The second kappa shape index (κ2) is 6.55. The average molecular weight is 280 g/mol. The third kappa shape index (κ3) is 3.46. The lowest BCUT2D eigenvalue weighted by Crippen LogP contribution is -2.29. The van der Waals surface area contributed by atoms with Crippen LogP contribution in [0.15, 0.2) is 23.7 Å². The van der Waals surface area contributed by atoms with E-state index in [0.29, 0.717) is 12.1 Å². The summed E-state index contributed by atoms with van der Waals surface area (Å²) in [5.41, 5.74) is 2.38.